The van der Waals surface area contributed by atoms with Crippen molar-refractivity contribution in [2.24, 2.45) is 0 Å². The quantitative estimate of drug-likeness (QED) is 0.907. The zero-order valence-electron chi connectivity index (χ0n) is 13.8. The van der Waals surface area contributed by atoms with Gasteiger partial charge in [0.1, 0.15) is 5.75 Å². The maximum atomic E-state index is 10.9. The predicted molar refractivity (Wildman–Crippen MR) is 99.0 cm³/mol. The smallest absolute Gasteiger partial charge is 0.304 e. The van der Waals surface area contributed by atoms with E-state index in [1.807, 2.05) is 36.4 Å². The van der Waals surface area contributed by atoms with Gasteiger partial charge in [-0.25, -0.2) is 0 Å². The maximum Gasteiger partial charge on any atom is 0.304 e. The lowest BCUT2D eigenvalue weighted by molar-refractivity contribution is -0.137. The summed E-state index contributed by atoms with van der Waals surface area (Å²) in [6, 6.07) is 16.4. The number of para-hydroxylation sites is 3. The molecule has 2 aromatic carbocycles. The number of hydrogen-bond acceptors (Lipinski definition) is 4. The molecule has 1 N–H and O–H groups in total. The summed E-state index contributed by atoms with van der Waals surface area (Å²) in [4.78, 5) is 15.5. The number of carboxylic acids is 1. The van der Waals surface area contributed by atoms with E-state index < -0.39 is 5.97 Å². The summed E-state index contributed by atoms with van der Waals surface area (Å²) in [5, 5.41) is 8.95. The largest absolute Gasteiger partial charge is 0.481 e. The van der Waals surface area contributed by atoms with Gasteiger partial charge < -0.3 is 14.7 Å². The van der Waals surface area contributed by atoms with E-state index in [0.29, 0.717) is 6.54 Å². The van der Waals surface area contributed by atoms with Crippen molar-refractivity contribution in [3.63, 3.8) is 0 Å². The van der Waals surface area contributed by atoms with Crippen LogP contribution < -0.4 is 9.64 Å². The first kappa shape index (κ1) is 17.6. The van der Waals surface area contributed by atoms with Gasteiger partial charge >= 0.3 is 5.97 Å². The summed E-state index contributed by atoms with van der Waals surface area (Å²) in [5.41, 5.74) is 2.27. The maximum absolute atomic E-state index is 10.9. The molecule has 4 rings (SSSR count). The van der Waals surface area contributed by atoms with E-state index >= 15 is 0 Å². The highest BCUT2D eigenvalue weighted by Gasteiger charge is 2.34. The van der Waals surface area contributed by atoms with Gasteiger partial charge in [0.15, 0.2) is 5.75 Å². The van der Waals surface area contributed by atoms with Crippen molar-refractivity contribution in [3.8, 4) is 11.5 Å². The first-order valence-corrected chi connectivity index (χ1v) is 8.29. The number of rotatable bonds is 3. The Labute approximate surface area is 153 Å². The topological polar surface area (TPSA) is 53.0 Å². The molecule has 5 nitrogen and oxygen atoms in total. The molecule has 0 saturated carbocycles. The summed E-state index contributed by atoms with van der Waals surface area (Å²) in [7, 11) is 0. The van der Waals surface area contributed by atoms with Crippen LogP contribution in [0.5, 0.6) is 11.5 Å². The van der Waals surface area contributed by atoms with Gasteiger partial charge in [0.25, 0.3) is 0 Å². The molecular formula is C19H21ClN2O3. The van der Waals surface area contributed by atoms with E-state index in [2.05, 4.69) is 21.9 Å². The monoisotopic (exact) mass is 360 g/mol. The van der Waals surface area contributed by atoms with Crippen molar-refractivity contribution in [3.05, 3.63) is 54.1 Å². The Morgan fingerprint density at radius 2 is 1.80 bits per heavy atom. The number of carbonyl (C=O) groups is 1. The summed E-state index contributed by atoms with van der Waals surface area (Å²) < 4.78 is 6.17. The Balaban J connectivity index is 0.00000182. The normalized spacial score (nSPS) is 18.7. The number of carboxylic acid groups (broad SMARTS) is 1. The molecule has 0 spiro atoms. The molecule has 2 aliphatic heterocycles. The fourth-order valence-electron chi connectivity index (χ4n) is 3.60. The molecule has 0 bridgehead atoms. The van der Waals surface area contributed by atoms with Crippen molar-refractivity contribution in [1.29, 1.82) is 0 Å². The minimum Gasteiger partial charge on any atom is -0.481 e. The zero-order chi connectivity index (χ0) is 16.5. The van der Waals surface area contributed by atoms with E-state index in [1.54, 1.807) is 0 Å². The molecule has 1 unspecified atom stereocenters. The number of halogens is 1. The number of anilines is 1. The highest BCUT2D eigenvalue weighted by atomic mass is 35.5. The molecule has 0 aliphatic carbocycles. The van der Waals surface area contributed by atoms with Crippen LogP contribution in [0.2, 0.25) is 0 Å². The van der Waals surface area contributed by atoms with Gasteiger partial charge in [0.2, 0.25) is 0 Å². The third kappa shape index (κ3) is 3.43. The van der Waals surface area contributed by atoms with Crippen LogP contribution in [0.15, 0.2) is 48.5 Å². The van der Waals surface area contributed by atoms with Crippen LogP contribution in [0.1, 0.15) is 18.0 Å². The average molecular weight is 361 g/mol. The van der Waals surface area contributed by atoms with Crippen molar-refractivity contribution in [2.45, 2.75) is 12.5 Å². The second-order valence-corrected chi connectivity index (χ2v) is 6.26. The molecule has 0 amide bonds. The second kappa shape index (κ2) is 7.33. The third-order valence-electron chi connectivity index (χ3n) is 4.78. The van der Waals surface area contributed by atoms with E-state index in [1.165, 1.54) is 0 Å². The van der Waals surface area contributed by atoms with Crippen molar-refractivity contribution in [1.82, 2.24) is 4.90 Å². The first-order chi connectivity index (χ1) is 11.7. The molecule has 25 heavy (non-hydrogen) atoms. The average Bonchev–Trinajstić information content (AvgIpc) is 2.74. The van der Waals surface area contributed by atoms with Crippen LogP contribution in [0, 0.1) is 0 Å². The molecule has 0 aromatic heterocycles. The summed E-state index contributed by atoms with van der Waals surface area (Å²) in [6.07, 6.45) is 0.182. The summed E-state index contributed by atoms with van der Waals surface area (Å²) in [5.74, 6) is 1.02. The Kier molecular flexibility index (Phi) is 5.16. The van der Waals surface area contributed by atoms with E-state index in [4.69, 9.17) is 9.84 Å². The number of hydrogen-bond donors (Lipinski definition) is 1. The van der Waals surface area contributed by atoms with Crippen molar-refractivity contribution < 1.29 is 14.6 Å². The zero-order valence-corrected chi connectivity index (χ0v) is 14.6. The Morgan fingerprint density at radius 3 is 2.60 bits per heavy atom. The van der Waals surface area contributed by atoms with Gasteiger partial charge in [0.05, 0.1) is 18.2 Å². The second-order valence-electron chi connectivity index (χ2n) is 6.26. The number of fused-ring (bicyclic) bond motifs is 5. The number of aliphatic carboxylic acids is 1. The molecule has 2 aromatic rings. The minimum atomic E-state index is -0.743. The van der Waals surface area contributed by atoms with Crippen LogP contribution in [0.4, 0.5) is 5.69 Å². The standard InChI is InChI=1S/C19H20N2O3.ClH/c22-19(23)9-10-20-11-12-21-15-6-2-4-8-18(15)24-17-7-3-1-5-14(17)16(21)13-20;/h1-8,16H,9-13H2,(H,22,23);1H. The van der Waals surface area contributed by atoms with Gasteiger partial charge in [-0.2, -0.15) is 0 Å². The molecule has 2 heterocycles. The Bertz CT molecular complexity index is 768. The molecule has 1 saturated heterocycles. The molecular weight excluding hydrogens is 340 g/mol. The lowest BCUT2D eigenvalue weighted by Gasteiger charge is -2.42. The van der Waals surface area contributed by atoms with Crippen LogP contribution in [-0.4, -0.2) is 42.2 Å². The van der Waals surface area contributed by atoms with E-state index in [-0.39, 0.29) is 24.9 Å². The van der Waals surface area contributed by atoms with Crippen LogP contribution in [0.3, 0.4) is 0 Å². The number of ether oxygens (including phenoxy) is 1. The summed E-state index contributed by atoms with van der Waals surface area (Å²) in [6.45, 7) is 3.12. The van der Waals surface area contributed by atoms with Gasteiger partial charge in [0, 0.05) is 31.7 Å². The van der Waals surface area contributed by atoms with E-state index in [0.717, 1.165) is 42.4 Å². The summed E-state index contributed by atoms with van der Waals surface area (Å²) >= 11 is 0. The third-order valence-corrected chi connectivity index (χ3v) is 4.78. The number of nitrogens with zero attached hydrogens (tertiary/aromatic N) is 2. The molecule has 132 valence electrons. The van der Waals surface area contributed by atoms with Crippen molar-refractivity contribution in [2.75, 3.05) is 31.1 Å². The number of piperazine rings is 1. The lowest BCUT2D eigenvalue weighted by Crippen LogP contribution is -2.48. The molecule has 6 heteroatoms. The molecule has 1 atom stereocenters. The molecule has 0 radical (unpaired) electrons. The Morgan fingerprint density at radius 1 is 1.08 bits per heavy atom. The van der Waals surface area contributed by atoms with Gasteiger partial charge in [-0.3, -0.25) is 9.69 Å². The minimum absolute atomic E-state index is 0. The predicted octanol–water partition coefficient (Wildman–Crippen LogP) is 3.55. The van der Waals surface area contributed by atoms with E-state index in [9.17, 15) is 4.79 Å². The lowest BCUT2D eigenvalue weighted by atomic mass is 10.0. The van der Waals surface area contributed by atoms with Gasteiger partial charge in [-0.05, 0) is 18.2 Å². The Hall–Kier alpha value is -2.24. The molecule has 2 aliphatic rings. The fourth-order valence-corrected chi connectivity index (χ4v) is 3.60. The number of benzene rings is 2. The fraction of sp³-hybridized carbons (Fsp3) is 0.316. The van der Waals surface area contributed by atoms with Gasteiger partial charge in [-0.1, -0.05) is 30.3 Å². The van der Waals surface area contributed by atoms with Crippen LogP contribution >= 0.6 is 12.4 Å². The van der Waals surface area contributed by atoms with Crippen LogP contribution in [-0.2, 0) is 4.79 Å². The SMILES string of the molecule is Cl.O=C(O)CCN1CCN2c3ccccc3Oc3ccccc3C2C1. The van der Waals surface area contributed by atoms with Gasteiger partial charge in [-0.15, -0.1) is 12.4 Å². The molecule has 1 fully saturated rings. The first-order valence-electron chi connectivity index (χ1n) is 8.29. The van der Waals surface area contributed by atoms with Crippen molar-refractivity contribution >= 4 is 24.1 Å². The highest BCUT2D eigenvalue weighted by molar-refractivity contribution is 5.85. The highest BCUT2D eigenvalue weighted by Crippen LogP contribution is 2.45. The van der Waals surface area contributed by atoms with Crippen LogP contribution in [0.25, 0.3) is 0 Å².